The van der Waals surface area contributed by atoms with Crippen molar-refractivity contribution in [2.24, 2.45) is 10.2 Å². The van der Waals surface area contributed by atoms with Crippen LogP contribution in [-0.4, -0.2) is 43.8 Å². The second-order valence-corrected chi connectivity index (χ2v) is 9.97. The number of aromatic nitrogens is 2. The summed E-state index contributed by atoms with van der Waals surface area (Å²) in [7, 11) is -4.12. The third kappa shape index (κ3) is 6.44. The molecule has 2 aromatic rings. The van der Waals surface area contributed by atoms with E-state index in [1.165, 1.54) is 0 Å². The van der Waals surface area contributed by atoms with E-state index in [4.69, 9.17) is 0 Å². The van der Waals surface area contributed by atoms with Gasteiger partial charge in [-0.2, -0.15) is 8.42 Å². The quantitative estimate of drug-likeness (QED) is 0.564. The van der Waals surface area contributed by atoms with Gasteiger partial charge in [-0.3, -0.25) is 0 Å². The SMILES string of the molecule is CCN(CC)c1ccc(N=Nc2nnc(S(=O)(=O)NC(=O)NC3CCCCC3)s2)cc1. The van der Waals surface area contributed by atoms with Crippen molar-refractivity contribution in [1.82, 2.24) is 20.2 Å². The molecule has 1 aromatic carbocycles. The summed E-state index contributed by atoms with van der Waals surface area (Å²) in [5.41, 5.74) is 1.70. The Morgan fingerprint density at radius 3 is 2.42 bits per heavy atom. The predicted octanol–water partition coefficient (Wildman–Crippen LogP) is 4.12. The predicted molar refractivity (Wildman–Crippen MR) is 120 cm³/mol. The van der Waals surface area contributed by atoms with Gasteiger partial charge in [0.25, 0.3) is 19.5 Å². The summed E-state index contributed by atoms with van der Waals surface area (Å²) >= 11 is 0.741. The fraction of sp³-hybridized carbons (Fsp3) is 0.526. The number of carbonyl (C=O) groups is 1. The highest BCUT2D eigenvalue weighted by Crippen LogP contribution is 2.26. The molecule has 168 valence electrons. The second kappa shape index (κ2) is 10.6. The number of azo groups is 1. The highest BCUT2D eigenvalue weighted by molar-refractivity contribution is 7.92. The summed E-state index contributed by atoms with van der Waals surface area (Å²) in [6.45, 7) is 6.00. The van der Waals surface area contributed by atoms with Crippen LogP contribution in [0.3, 0.4) is 0 Å². The number of benzene rings is 1. The normalized spacial score (nSPS) is 15.2. The Balaban J connectivity index is 1.60. The zero-order valence-corrected chi connectivity index (χ0v) is 19.2. The van der Waals surface area contributed by atoms with Crippen LogP contribution in [0, 0.1) is 0 Å². The largest absolute Gasteiger partial charge is 0.372 e. The van der Waals surface area contributed by atoms with Crippen molar-refractivity contribution >= 4 is 43.9 Å². The lowest BCUT2D eigenvalue weighted by Gasteiger charge is -2.22. The van der Waals surface area contributed by atoms with E-state index < -0.39 is 16.1 Å². The molecule has 0 radical (unpaired) electrons. The monoisotopic (exact) mass is 465 g/mol. The van der Waals surface area contributed by atoms with Gasteiger partial charge in [-0.15, -0.1) is 20.4 Å². The molecule has 2 amide bonds. The molecule has 0 spiro atoms. The number of sulfonamides is 1. The first kappa shape index (κ1) is 23.1. The molecule has 0 atom stereocenters. The van der Waals surface area contributed by atoms with Gasteiger partial charge in [-0.1, -0.05) is 30.6 Å². The van der Waals surface area contributed by atoms with Gasteiger partial charge in [0.05, 0.1) is 5.69 Å². The number of amides is 2. The van der Waals surface area contributed by atoms with Gasteiger partial charge in [0, 0.05) is 24.8 Å². The molecule has 2 N–H and O–H groups in total. The lowest BCUT2D eigenvalue weighted by Crippen LogP contribution is -2.45. The van der Waals surface area contributed by atoms with Gasteiger partial charge in [-0.05, 0) is 51.0 Å². The molecule has 31 heavy (non-hydrogen) atoms. The fourth-order valence-corrected chi connectivity index (χ4v) is 5.13. The van der Waals surface area contributed by atoms with Gasteiger partial charge >= 0.3 is 6.03 Å². The Morgan fingerprint density at radius 1 is 1.10 bits per heavy atom. The second-order valence-electron chi connectivity index (χ2n) is 7.15. The lowest BCUT2D eigenvalue weighted by atomic mass is 9.96. The minimum absolute atomic E-state index is 0.00384. The van der Waals surface area contributed by atoms with Gasteiger partial charge in [0.2, 0.25) is 0 Å². The molecule has 1 heterocycles. The summed E-state index contributed by atoms with van der Waals surface area (Å²) in [6.07, 6.45) is 4.90. The molecule has 12 heteroatoms. The first-order valence-corrected chi connectivity index (χ1v) is 12.6. The van der Waals surface area contributed by atoms with Crippen molar-refractivity contribution in [2.45, 2.75) is 56.3 Å². The lowest BCUT2D eigenvalue weighted by molar-refractivity contribution is 0.237. The molecule has 3 rings (SSSR count). The Kier molecular flexibility index (Phi) is 7.91. The van der Waals surface area contributed by atoms with Crippen LogP contribution in [-0.2, 0) is 10.0 Å². The fourth-order valence-electron chi connectivity index (χ4n) is 3.40. The summed E-state index contributed by atoms with van der Waals surface area (Å²) in [5, 5.41) is 18.2. The number of nitrogens with zero attached hydrogens (tertiary/aromatic N) is 5. The highest BCUT2D eigenvalue weighted by atomic mass is 32.2. The van der Waals surface area contributed by atoms with Gasteiger partial charge in [-0.25, -0.2) is 9.52 Å². The smallest absolute Gasteiger partial charge is 0.328 e. The molecule has 1 aromatic heterocycles. The number of hydrogen-bond acceptors (Lipinski definition) is 9. The number of carbonyl (C=O) groups excluding carboxylic acids is 1. The van der Waals surface area contributed by atoms with Crippen molar-refractivity contribution in [3.8, 4) is 0 Å². The minimum atomic E-state index is -4.12. The van der Waals surface area contributed by atoms with Gasteiger partial charge in [0.15, 0.2) is 0 Å². The van der Waals surface area contributed by atoms with Crippen molar-refractivity contribution in [2.75, 3.05) is 18.0 Å². The number of anilines is 1. The van der Waals surface area contributed by atoms with E-state index in [1.807, 2.05) is 29.0 Å². The van der Waals surface area contributed by atoms with Crippen LogP contribution in [0.1, 0.15) is 46.0 Å². The van der Waals surface area contributed by atoms with E-state index in [9.17, 15) is 13.2 Å². The van der Waals surface area contributed by atoms with Crippen LogP contribution < -0.4 is 14.9 Å². The van der Waals surface area contributed by atoms with E-state index in [0.29, 0.717) is 5.69 Å². The Bertz CT molecular complexity index is 996. The molecule has 1 aliphatic carbocycles. The summed E-state index contributed by atoms with van der Waals surface area (Å²) < 4.78 is 26.4. The van der Waals surface area contributed by atoms with Crippen LogP contribution in [0.5, 0.6) is 0 Å². The first-order chi connectivity index (χ1) is 14.9. The van der Waals surface area contributed by atoms with Gasteiger partial charge in [0.1, 0.15) is 0 Å². The van der Waals surface area contributed by atoms with Crippen LogP contribution in [0.2, 0.25) is 0 Å². The topological polar surface area (TPSA) is 129 Å². The third-order valence-electron chi connectivity index (χ3n) is 5.02. The molecule has 0 saturated heterocycles. The van der Waals surface area contributed by atoms with Crippen molar-refractivity contribution in [3.05, 3.63) is 24.3 Å². The summed E-state index contributed by atoms with van der Waals surface area (Å²) in [5.74, 6) is 0. The maximum absolute atomic E-state index is 12.4. The van der Waals surface area contributed by atoms with Crippen LogP contribution in [0.15, 0.2) is 38.8 Å². The number of urea groups is 1. The average Bonchev–Trinajstić information content (AvgIpc) is 3.24. The number of hydrogen-bond donors (Lipinski definition) is 2. The molecular weight excluding hydrogens is 438 g/mol. The van der Waals surface area contributed by atoms with E-state index in [-0.39, 0.29) is 15.5 Å². The molecule has 10 nitrogen and oxygen atoms in total. The summed E-state index contributed by atoms with van der Waals surface area (Å²) in [4.78, 5) is 14.3. The van der Waals surface area contributed by atoms with E-state index in [2.05, 4.69) is 44.5 Å². The van der Waals surface area contributed by atoms with Crippen molar-refractivity contribution in [1.29, 1.82) is 0 Å². The van der Waals surface area contributed by atoms with E-state index in [1.54, 1.807) is 0 Å². The molecule has 0 unspecified atom stereocenters. The standard InChI is InChI=1S/C19H27N7O3S2/c1-3-26(4-2)16-12-10-15(11-13-16)21-22-18-23-24-19(30-18)31(28,29)25-17(27)20-14-8-6-5-7-9-14/h10-14H,3-9H2,1-2H3,(H2,20,25,27). The van der Waals surface area contributed by atoms with E-state index in [0.717, 1.165) is 62.2 Å². The molecule has 1 fully saturated rings. The van der Waals surface area contributed by atoms with Crippen LogP contribution in [0.25, 0.3) is 0 Å². The Morgan fingerprint density at radius 2 is 1.77 bits per heavy atom. The molecule has 0 bridgehead atoms. The van der Waals surface area contributed by atoms with Crippen molar-refractivity contribution in [3.63, 3.8) is 0 Å². The van der Waals surface area contributed by atoms with E-state index >= 15 is 0 Å². The van der Waals surface area contributed by atoms with Crippen molar-refractivity contribution < 1.29 is 13.2 Å². The molecule has 1 saturated carbocycles. The molecule has 0 aliphatic heterocycles. The van der Waals surface area contributed by atoms with Gasteiger partial charge < -0.3 is 10.2 Å². The molecule has 1 aliphatic rings. The van der Waals surface area contributed by atoms with Crippen LogP contribution >= 0.6 is 11.3 Å². The Hall–Kier alpha value is -2.60. The first-order valence-electron chi connectivity index (χ1n) is 10.3. The zero-order valence-electron chi connectivity index (χ0n) is 17.6. The number of rotatable bonds is 8. The zero-order chi connectivity index (χ0) is 22.3. The maximum atomic E-state index is 12.4. The third-order valence-corrected chi connectivity index (χ3v) is 7.53. The Labute approximate surface area is 186 Å². The average molecular weight is 466 g/mol. The maximum Gasteiger partial charge on any atom is 0.328 e. The number of nitrogens with one attached hydrogen (secondary N) is 2. The summed E-state index contributed by atoms with van der Waals surface area (Å²) in [6, 6.07) is 6.80. The highest BCUT2D eigenvalue weighted by Gasteiger charge is 2.24. The van der Waals surface area contributed by atoms with Crippen LogP contribution in [0.4, 0.5) is 21.3 Å². The minimum Gasteiger partial charge on any atom is -0.372 e. The molecular formula is C19H27N7O3S2.